The molecular formula is C22H21N3O2. The Kier molecular flexibility index (Phi) is 4.85. The van der Waals surface area contributed by atoms with Crippen LogP contribution in [0.3, 0.4) is 0 Å². The Labute approximate surface area is 158 Å². The van der Waals surface area contributed by atoms with Crippen molar-refractivity contribution in [2.75, 3.05) is 18.1 Å². The lowest BCUT2D eigenvalue weighted by Crippen LogP contribution is -2.41. The van der Waals surface area contributed by atoms with Crippen LogP contribution >= 0.6 is 0 Å². The molecule has 5 nitrogen and oxygen atoms in total. The molecule has 1 aromatic heterocycles. The van der Waals surface area contributed by atoms with E-state index in [1.54, 1.807) is 17.3 Å². The molecule has 1 atom stereocenters. The van der Waals surface area contributed by atoms with Crippen LogP contribution in [0.5, 0.6) is 0 Å². The normalized spacial score (nSPS) is 13.9. The van der Waals surface area contributed by atoms with Crippen LogP contribution in [0.25, 0.3) is 11.1 Å². The predicted octanol–water partition coefficient (Wildman–Crippen LogP) is 3.55. The van der Waals surface area contributed by atoms with Crippen molar-refractivity contribution < 1.29 is 9.90 Å². The fourth-order valence-electron chi connectivity index (χ4n) is 3.48. The number of nitrogens with zero attached hydrogens (tertiary/aromatic N) is 2. The molecule has 3 aromatic rings. The maximum Gasteiger partial charge on any atom is 0.322 e. The van der Waals surface area contributed by atoms with Gasteiger partial charge in [-0.05, 0) is 52.9 Å². The number of carbonyl (C=O) groups is 1. The molecule has 2 N–H and O–H groups in total. The fourth-order valence-corrected chi connectivity index (χ4v) is 3.48. The Morgan fingerprint density at radius 1 is 1.07 bits per heavy atom. The molecule has 0 saturated carbocycles. The van der Waals surface area contributed by atoms with Crippen molar-refractivity contribution in [2.45, 2.75) is 12.5 Å². The summed E-state index contributed by atoms with van der Waals surface area (Å²) in [5.74, 6) is 0. The third-order valence-electron chi connectivity index (χ3n) is 4.92. The summed E-state index contributed by atoms with van der Waals surface area (Å²) in [6.07, 6.45) is 4.37. The lowest BCUT2D eigenvalue weighted by molar-refractivity contribution is 0.221. The van der Waals surface area contributed by atoms with Crippen molar-refractivity contribution >= 4 is 11.7 Å². The summed E-state index contributed by atoms with van der Waals surface area (Å²) in [6.45, 7) is 0.491. The van der Waals surface area contributed by atoms with Gasteiger partial charge in [-0.1, -0.05) is 36.4 Å². The molecule has 0 radical (unpaired) electrons. The Bertz CT molecular complexity index is 929. The van der Waals surface area contributed by atoms with Gasteiger partial charge in [-0.25, -0.2) is 4.79 Å². The molecule has 0 bridgehead atoms. The average molecular weight is 359 g/mol. The number of nitrogens with one attached hydrogen (secondary N) is 1. The predicted molar refractivity (Wildman–Crippen MR) is 106 cm³/mol. The molecule has 4 rings (SSSR count). The van der Waals surface area contributed by atoms with Crippen LogP contribution in [-0.2, 0) is 6.42 Å². The minimum absolute atomic E-state index is 0.141. The number of hydrogen-bond donors (Lipinski definition) is 2. The fraction of sp³-hybridized carbons (Fsp3) is 0.182. The zero-order valence-corrected chi connectivity index (χ0v) is 14.9. The van der Waals surface area contributed by atoms with E-state index in [-0.39, 0.29) is 12.6 Å². The van der Waals surface area contributed by atoms with E-state index < -0.39 is 6.04 Å². The van der Waals surface area contributed by atoms with E-state index in [2.05, 4.69) is 16.4 Å². The summed E-state index contributed by atoms with van der Waals surface area (Å²) in [5, 5.41) is 12.6. The highest BCUT2D eigenvalue weighted by Gasteiger charge is 2.26. The highest BCUT2D eigenvalue weighted by Crippen LogP contribution is 2.32. The largest absolute Gasteiger partial charge is 0.394 e. The third kappa shape index (κ3) is 3.55. The molecule has 2 aromatic carbocycles. The molecule has 0 aliphatic carbocycles. The molecule has 2 amide bonds. The van der Waals surface area contributed by atoms with Gasteiger partial charge >= 0.3 is 6.03 Å². The Morgan fingerprint density at radius 3 is 2.59 bits per heavy atom. The molecule has 5 heteroatoms. The minimum atomic E-state index is -0.418. The van der Waals surface area contributed by atoms with E-state index in [9.17, 15) is 9.90 Å². The highest BCUT2D eigenvalue weighted by molar-refractivity contribution is 5.95. The second kappa shape index (κ2) is 7.60. The van der Waals surface area contributed by atoms with Crippen molar-refractivity contribution in [3.8, 4) is 11.1 Å². The first-order valence-corrected chi connectivity index (χ1v) is 9.03. The van der Waals surface area contributed by atoms with E-state index >= 15 is 0 Å². The van der Waals surface area contributed by atoms with Gasteiger partial charge in [-0.2, -0.15) is 0 Å². The number of anilines is 1. The van der Waals surface area contributed by atoms with Gasteiger partial charge in [0.05, 0.1) is 12.6 Å². The first kappa shape index (κ1) is 17.2. The van der Waals surface area contributed by atoms with Crippen LogP contribution in [0, 0.1) is 0 Å². The van der Waals surface area contributed by atoms with E-state index in [1.165, 1.54) is 0 Å². The van der Waals surface area contributed by atoms with Crippen molar-refractivity contribution in [2.24, 2.45) is 0 Å². The number of amides is 2. The van der Waals surface area contributed by atoms with Gasteiger partial charge in [-0.3, -0.25) is 9.88 Å². The lowest BCUT2D eigenvalue weighted by Gasteiger charge is -2.23. The molecule has 0 spiro atoms. The van der Waals surface area contributed by atoms with Crippen LogP contribution < -0.4 is 10.2 Å². The first-order valence-electron chi connectivity index (χ1n) is 9.03. The number of aromatic nitrogens is 1. The second-order valence-electron chi connectivity index (χ2n) is 6.58. The Morgan fingerprint density at radius 2 is 1.85 bits per heavy atom. The van der Waals surface area contributed by atoms with E-state index in [1.807, 2.05) is 54.6 Å². The van der Waals surface area contributed by atoms with Gasteiger partial charge in [0, 0.05) is 24.6 Å². The van der Waals surface area contributed by atoms with Gasteiger partial charge in [0.25, 0.3) is 0 Å². The average Bonchev–Trinajstić information content (AvgIpc) is 3.16. The SMILES string of the molecule is O=C(N[C@H](CO)c1ccccc1)N1CCc2cc(-c3ccncc3)ccc21. The summed E-state index contributed by atoms with van der Waals surface area (Å²) in [4.78, 5) is 18.6. The van der Waals surface area contributed by atoms with Crippen LogP contribution in [0.1, 0.15) is 17.2 Å². The molecule has 1 aliphatic rings. The van der Waals surface area contributed by atoms with Crippen molar-refractivity contribution in [1.82, 2.24) is 10.3 Å². The summed E-state index contributed by atoms with van der Waals surface area (Å²) >= 11 is 0. The van der Waals surface area contributed by atoms with E-state index in [0.717, 1.165) is 34.4 Å². The van der Waals surface area contributed by atoms with Gasteiger partial charge < -0.3 is 10.4 Å². The molecule has 0 fully saturated rings. The van der Waals surface area contributed by atoms with E-state index in [4.69, 9.17) is 0 Å². The number of benzene rings is 2. The standard InChI is InChI=1S/C22H21N3O2/c26-15-20(17-4-2-1-3-5-17)24-22(27)25-13-10-19-14-18(6-7-21(19)25)16-8-11-23-12-9-16/h1-9,11-12,14,20,26H,10,13,15H2,(H,24,27)/t20-/m1/s1. The number of fused-ring (bicyclic) bond motifs is 1. The van der Waals surface area contributed by atoms with E-state index in [0.29, 0.717) is 6.54 Å². The van der Waals surface area contributed by atoms with Crippen LogP contribution in [0.15, 0.2) is 73.1 Å². The van der Waals surface area contributed by atoms with Crippen LogP contribution in [0.4, 0.5) is 10.5 Å². The number of pyridine rings is 1. The van der Waals surface area contributed by atoms with Crippen molar-refractivity contribution in [1.29, 1.82) is 0 Å². The van der Waals surface area contributed by atoms with Crippen molar-refractivity contribution in [3.63, 3.8) is 0 Å². The molecule has 2 heterocycles. The number of urea groups is 1. The van der Waals surface area contributed by atoms with Crippen molar-refractivity contribution in [3.05, 3.63) is 84.2 Å². The topological polar surface area (TPSA) is 65.5 Å². The molecule has 27 heavy (non-hydrogen) atoms. The molecular weight excluding hydrogens is 338 g/mol. The number of aliphatic hydroxyl groups excluding tert-OH is 1. The quantitative estimate of drug-likeness (QED) is 0.749. The Hall–Kier alpha value is -3.18. The zero-order chi connectivity index (χ0) is 18.6. The summed E-state index contributed by atoms with van der Waals surface area (Å²) < 4.78 is 0. The summed E-state index contributed by atoms with van der Waals surface area (Å²) in [5.41, 5.74) is 5.20. The second-order valence-corrected chi connectivity index (χ2v) is 6.58. The number of aliphatic hydroxyl groups is 1. The molecule has 0 unspecified atom stereocenters. The summed E-state index contributed by atoms with van der Waals surface area (Å²) in [7, 11) is 0. The molecule has 0 saturated heterocycles. The summed E-state index contributed by atoms with van der Waals surface area (Å²) in [6, 6.07) is 19.0. The highest BCUT2D eigenvalue weighted by atomic mass is 16.3. The third-order valence-corrected chi connectivity index (χ3v) is 4.92. The zero-order valence-electron chi connectivity index (χ0n) is 14.9. The van der Waals surface area contributed by atoms with Gasteiger partial charge in [0.2, 0.25) is 0 Å². The van der Waals surface area contributed by atoms with Crippen LogP contribution in [0.2, 0.25) is 0 Å². The monoisotopic (exact) mass is 359 g/mol. The minimum Gasteiger partial charge on any atom is -0.394 e. The number of hydrogen-bond acceptors (Lipinski definition) is 3. The number of carbonyl (C=O) groups excluding carboxylic acids is 1. The maximum absolute atomic E-state index is 12.8. The Balaban J connectivity index is 1.53. The number of rotatable bonds is 4. The smallest absolute Gasteiger partial charge is 0.322 e. The van der Waals surface area contributed by atoms with Gasteiger partial charge in [0.1, 0.15) is 0 Å². The van der Waals surface area contributed by atoms with Crippen LogP contribution in [-0.4, -0.2) is 29.3 Å². The van der Waals surface area contributed by atoms with Gasteiger partial charge in [-0.15, -0.1) is 0 Å². The molecule has 1 aliphatic heterocycles. The molecule has 136 valence electrons. The maximum atomic E-state index is 12.8. The lowest BCUT2D eigenvalue weighted by atomic mass is 10.0. The van der Waals surface area contributed by atoms with Gasteiger partial charge in [0.15, 0.2) is 0 Å². The first-order chi connectivity index (χ1) is 13.3.